The Morgan fingerprint density at radius 3 is 2.41 bits per heavy atom. The highest BCUT2D eigenvalue weighted by atomic mass is 16.5. The number of aromatic nitrogens is 2. The number of benzene rings is 2. The third kappa shape index (κ3) is 3.33. The van der Waals surface area contributed by atoms with Gasteiger partial charge in [0.25, 0.3) is 0 Å². The Bertz CT molecular complexity index is 1170. The molecular weight excluding hydrogens is 366 g/mol. The molecule has 0 saturated heterocycles. The molecule has 0 aliphatic heterocycles. The number of rotatable bonds is 6. The Morgan fingerprint density at radius 2 is 1.66 bits per heavy atom. The van der Waals surface area contributed by atoms with Crippen molar-refractivity contribution in [3.05, 3.63) is 60.8 Å². The van der Waals surface area contributed by atoms with Crippen molar-refractivity contribution in [3.8, 4) is 28.5 Å². The summed E-state index contributed by atoms with van der Waals surface area (Å²) >= 11 is 0. The molecule has 2 aromatic heterocycles. The number of nitrogens with zero attached hydrogens (tertiary/aromatic N) is 2. The molecule has 6 heteroatoms. The zero-order chi connectivity index (χ0) is 20.4. The Morgan fingerprint density at radius 1 is 0.862 bits per heavy atom. The molecule has 0 spiro atoms. The van der Waals surface area contributed by atoms with Gasteiger partial charge < -0.3 is 24.1 Å². The van der Waals surface area contributed by atoms with Crippen LogP contribution in [0.15, 0.2) is 60.8 Å². The van der Waals surface area contributed by atoms with Crippen LogP contribution in [-0.2, 0) is 7.05 Å². The van der Waals surface area contributed by atoms with Crippen molar-refractivity contribution >= 4 is 22.4 Å². The third-order valence-corrected chi connectivity index (χ3v) is 5.02. The van der Waals surface area contributed by atoms with Crippen molar-refractivity contribution in [1.82, 2.24) is 9.55 Å². The van der Waals surface area contributed by atoms with E-state index in [0.29, 0.717) is 5.75 Å². The minimum Gasteiger partial charge on any atom is -0.497 e. The quantitative estimate of drug-likeness (QED) is 0.502. The van der Waals surface area contributed by atoms with Gasteiger partial charge in [0, 0.05) is 30.3 Å². The Hall–Kier alpha value is -3.67. The van der Waals surface area contributed by atoms with Crippen LogP contribution in [-0.4, -0.2) is 30.9 Å². The summed E-state index contributed by atoms with van der Waals surface area (Å²) in [5.74, 6) is 3.00. The summed E-state index contributed by atoms with van der Waals surface area (Å²) in [6.45, 7) is 0. The normalized spacial score (nSPS) is 10.8. The molecule has 6 nitrogen and oxygen atoms in total. The smallest absolute Gasteiger partial charge is 0.146 e. The van der Waals surface area contributed by atoms with Crippen molar-refractivity contribution in [2.45, 2.75) is 0 Å². The maximum absolute atomic E-state index is 5.56. The number of methoxy groups -OCH3 is 3. The van der Waals surface area contributed by atoms with E-state index in [1.54, 1.807) is 27.5 Å². The number of fused-ring (bicyclic) bond motifs is 1. The fourth-order valence-electron chi connectivity index (χ4n) is 3.50. The number of anilines is 2. The lowest BCUT2D eigenvalue weighted by Crippen LogP contribution is -1.98. The first-order chi connectivity index (χ1) is 14.2. The van der Waals surface area contributed by atoms with E-state index in [4.69, 9.17) is 14.2 Å². The molecule has 0 aliphatic rings. The molecule has 0 aliphatic carbocycles. The van der Waals surface area contributed by atoms with Gasteiger partial charge in [-0.25, -0.2) is 4.98 Å². The van der Waals surface area contributed by atoms with Gasteiger partial charge in [0.15, 0.2) is 0 Å². The highest BCUT2D eigenvalue weighted by Crippen LogP contribution is 2.37. The molecule has 2 aromatic carbocycles. The van der Waals surface area contributed by atoms with E-state index in [1.165, 1.54) is 0 Å². The lowest BCUT2D eigenvalue weighted by atomic mass is 10.1. The van der Waals surface area contributed by atoms with E-state index in [-0.39, 0.29) is 0 Å². The van der Waals surface area contributed by atoms with E-state index in [9.17, 15) is 0 Å². The number of aryl methyl sites for hydroxylation is 1. The summed E-state index contributed by atoms with van der Waals surface area (Å²) < 4.78 is 18.5. The third-order valence-electron chi connectivity index (χ3n) is 5.02. The van der Waals surface area contributed by atoms with E-state index < -0.39 is 0 Å². The van der Waals surface area contributed by atoms with Crippen LogP contribution in [0.25, 0.3) is 22.2 Å². The summed E-state index contributed by atoms with van der Waals surface area (Å²) in [7, 11) is 7.00. The lowest BCUT2D eigenvalue weighted by Gasteiger charge is -2.12. The molecule has 0 unspecified atom stereocenters. The summed E-state index contributed by atoms with van der Waals surface area (Å²) in [4.78, 5) is 4.57. The average molecular weight is 389 g/mol. The first kappa shape index (κ1) is 18.7. The highest BCUT2D eigenvalue weighted by molar-refractivity contribution is 5.96. The van der Waals surface area contributed by atoms with Crippen molar-refractivity contribution in [1.29, 1.82) is 0 Å². The molecule has 4 aromatic rings. The van der Waals surface area contributed by atoms with Crippen LogP contribution in [0.2, 0.25) is 0 Å². The molecule has 0 radical (unpaired) electrons. The molecule has 0 atom stereocenters. The largest absolute Gasteiger partial charge is 0.497 e. The van der Waals surface area contributed by atoms with Crippen LogP contribution in [0.4, 0.5) is 11.5 Å². The van der Waals surface area contributed by atoms with Gasteiger partial charge in [0.05, 0.1) is 38.2 Å². The van der Waals surface area contributed by atoms with E-state index in [0.717, 1.165) is 45.2 Å². The Balaban J connectivity index is 1.82. The fourth-order valence-corrected chi connectivity index (χ4v) is 3.50. The van der Waals surface area contributed by atoms with Crippen LogP contribution in [0.1, 0.15) is 0 Å². The molecular formula is C23H23N3O3. The number of pyridine rings is 1. The Labute approximate surface area is 169 Å². The first-order valence-corrected chi connectivity index (χ1v) is 9.23. The van der Waals surface area contributed by atoms with Crippen molar-refractivity contribution in [3.63, 3.8) is 0 Å². The molecule has 0 fully saturated rings. The van der Waals surface area contributed by atoms with Gasteiger partial charge >= 0.3 is 0 Å². The van der Waals surface area contributed by atoms with Gasteiger partial charge in [-0.15, -0.1) is 0 Å². The van der Waals surface area contributed by atoms with Crippen LogP contribution in [0.3, 0.4) is 0 Å². The molecule has 2 heterocycles. The maximum atomic E-state index is 5.56. The van der Waals surface area contributed by atoms with Gasteiger partial charge in [-0.1, -0.05) is 12.1 Å². The maximum Gasteiger partial charge on any atom is 0.146 e. The number of hydrogen-bond acceptors (Lipinski definition) is 5. The zero-order valence-electron chi connectivity index (χ0n) is 16.9. The van der Waals surface area contributed by atoms with Crippen LogP contribution < -0.4 is 19.5 Å². The number of ether oxygens (including phenoxy) is 3. The molecule has 0 amide bonds. The fraction of sp³-hybridized carbons (Fsp3) is 0.174. The molecule has 4 rings (SSSR count). The minimum absolute atomic E-state index is 0.684. The van der Waals surface area contributed by atoms with Crippen molar-refractivity contribution < 1.29 is 14.2 Å². The average Bonchev–Trinajstić information content (AvgIpc) is 3.11. The second-order valence-electron chi connectivity index (χ2n) is 6.57. The van der Waals surface area contributed by atoms with Crippen molar-refractivity contribution in [2.75, 3.05) is 26.6 Å². The summed E-state index contributed by atoms with van der Waals surface area (Å²) in [5.41, 5.74) is 3.96. The molecule has 29 heavy (non-hydrogen) atoms. The minimum atomic E-state index is 0.684. The second-order valence-corrected chi connectivity index (χ2v) is 6.57. The van der Waals surface area contributed by atoms with E-state index in [1.807, 2.05) is 49.5 Å². The van der Waals surface area contributed by atoms with Crippen LogP contribution >= 0.6 is 0 Å². The number of hydrogen-bond donors (Lipinski definition) is 1. The summed E-state index contributed by atoms with van der Waals surface area (Å²) in [6, 6.07) is 17.8. The van der Waals surface area contributed by atoms with Crippen LogP contribution in [0.5, 0.6) is 17.2 Å². The topological polar surface area (TPSA) is 57.5 Å². The Kier molecular flexibility index (Phi) is 4.99. The number of para-hydroxylation sites is 1. The summed E-state index contributed by atoms with van der Waals surface area (Å²) in [6.07, 6.45) is 1.80. The van der Waals surface area contributed by atoms with Gasteiger partial charge in [-0.05, 0) is 36.4 Å². The lowest BCUT2D eigenvalue weighted by molar-refractivity contribution is 0.395. The molecule has 148 valence electrons. The van der Waals surface area contributed by atoms with E-state index in [2.05, 4.69) is 27.0 Å². The standard InChI is InChI=1S/C23H23N3O3/c1-26-19-11-12-24-23(25-18-10-9-15(27-2)13-22(18)29-4)17(19)14-20(26)16-7-5-6-8-21(16)28-3/h5-14H,1-4H3,(H,24,25). The van der Waals surface area contributed by atoms with E-state index >= 15 is 0 Å². The first-order valence-electron chi connectivity index (χ1n) is 9.23. The molecule has 1 N–H and O–H groups in total. The van der Waals surface area contributed by atoms with Crippen LogP contribution in [0, 0.1) is 0 Å². The second kappa shape index (κ2) is 7.75. The van der Waals surface area contributed by atoms with Crippen molar-refractivity contribution in [2.24, 2.45) is 7.05 Å². The summed E-state index contributed by atoms with van der Waals surface area (Å²) in [5, 5.41) is 4.41. The molecule has 0 saturated carbocycles. The number of nitrogens with one attached hydrogen (secondary N) is 1. The highest BCUT2D eigenvalue weighted by Gasteiger charge is 2.15. The monoisotopic (exact) mass is 389 g/mol. The van der Waals surface area contributed by atoms with Gasteiger partial charge in [0.1, 0.15) is 23.1 Å². The van der Waals surface area contributed by atoms with Gasteiger partial charge in [-0.3, -0.25) is 0 Å². The molecule has 0 bridgehead atoms. The SMILES string of the molecule is COc1ccc(Nc2nccc3c2cc(-c2ccccc2OC)n3C)c(OC)c1. The van der Waals surface area contributed by atoms with Gasteiger partial charge in [-0.2, -0.15) is 0 Å². The predicted molar refractivity (Wildman–Crippen MR) is 116 cm³/mol. The predicted octanol–water partition coefficient (Wildman–Crippen LogP) is 5.01. The van der Waals surface area contributed by atoms with Gasteiger partial charge in [0.2, 0.25) is 0 Å². The zero-order valence-corrected chi connectivity index (χ0v) is 16.9.